The summed E-state index contributed by atoms with van der Waals surface area (Å²) in [7, 11) is -3.43. The largest absolute Gasteiger partial charge is 0.490 e. The Balaban J connectivity index is 1.46. The van der Waals surface area contributed by atoms with E-state index >= 15 is 0 Å². The quantitative estimate of drug-likeness (QED) is 0.698. The standard InChI is InChI=1S/C20H24FNO4S/c1-20(2)13-16-5-3-6-18(19(16)26-20)25-11-4-12-27(23,24)22-14-15-7-9-17(21)10-8-15/h3,5-10,22H,4,11-14H2,1-2H3. The summed E-state index contributed by atoms with van der Waals surface area (Å²) < 4.78 is 51.3. The van der Waals surface area contributed by atoms with Crippen LogP contribution in [0.1, 0.15) is 31.4 Å². The van der Waals surface area contributed by atoms with Crippen molar-refractivity contribution in [3.63, 3.8) is 0 Å². The minimum atomic E-state index is -3.43. The minimum Gasteiger partial charge on any atom is -0.490 e. The molecule has 5 nitrogen and oxygen atoms in total. The van der Waals surface area contributed by atoms with Crippen LogP contribution in [0.25, 0.3) is 0 Å². The van der Waals surface area contributed by atoms with Gasteiger partial charge in [0.1, 0.15) is 11.4 Å². The van der Waals surface area contributed by atoms with Crippen molar-refractivity contribution < 1.29 is 22.3 Å². The third kappa shape index (κ3) is 5.43. The SMILES string of the molecule is CC1(C)Cc2cccc(OCCCS(=O)(=O)NCc3ccc(F)cc3)c2O1. The van der Waals surface area contributed by atoms with Gasteiger partial charge in [0.2, 0.25) is 10.0 Å². The lowest BCUT2D eigenvalue weighted by atomic mass is 10.0. The van der Waals surface area contributed by atoms with E-state index in [4.69, 9.17) is 9.47 Å². The molecule has 27 heavy (non-hydrogen) atoms. The maximum Gasteiger partial charge on any atom is 0.212 e. The zero-order valence-electron chi connectivity index (χ0n) is 15.5. The number of nitrogens with one attached hydrogen (secondary N) is 1. The van der Waals surface area contributed by atoms with Gasteiger partial charge in [-0.05, 0) is 44.0 Å². The number of benzene rings is 2. The molecule has 0 amide bonds. The number of halogens is 1. The maximum absolute atomic E-state index is 12.9. The molecule has 0 bridgehead atoms. The van der Waals surface area contributed by atoms with Gasteiger partial charge in [-0.2, -0.15) is 0 Å². The highest BCUT2D eigenvalue weighted by atomic mass is 32.2. The molecule has 0 aliphatic carbocycles. The van der Waals surface area contributed by atoms with E-state index in [2.05, 4.69) is 4.72 Å². The summed E-state index contributed by atoms with van der Waals surface area (Å²) in [6.45, 7) is 4.46. The molecular weight excluding hydrogens is 369 g/mol. The molecule has 2 aromatic rings. The Morgan fingerprint density at radius 3 is 2.67 bits per heavy atom. The van der Waals surface area contributed by atoms with E-state index in [9.17, 15) is 12.8 Å². The lowest BCUT2D eigenvalue weighted by Crippen LogP contribution is -2.26. The van der Waals surface area contributed by atoms with Crippen LogP contribution in [0, 0.1) is 5.82 Å². The van der Waals surface area contributed by atoms with Gasteiger partial charge >= 0.3 is 0 Å². The van der Waals surface area contributed by atoms with E-state index < -0.39 is 10.0 Å². The first-order valence-corrected chi connectivity index (χ1v) is 10.5. The molecule has 1 aliphatic rings. The summed E-state index contributed by atoms with van der Waals surface area (Å²) in [4.78, 5) is 0. The van der Waals surface area contributed by atoms with Gasteiger partial charge in [0.05, 0.1) is 12.4 Å². The normalized spacial score (nSPS) is 15.2. The average molecular weight is 393 g/mol. The van der Waals surface area contributed by atoms with Crippen molar-refractivity contribution in [2.75, 3.05) is 12.4 Å². The third-order valence-corrected chi connectivity index (χ3v) is 5.69. The topological polar surface area (TPSA) is 64.6 Å². The second-order valence-corrected chi connectivity index (χ2v) is 9.18. The highest BCUT2D eigenvalue weighted by Gasteiger charge is 2.32. The molecular formula is C20H24FNO4S. The van der Waals surface area contributed by atoms with Gasteiger partial charge in [0, 0.05) is 18.5 Å². The summed E-state index contributed by atoms with van der Waals surface area (Å²) in [6, 6.07) is 11.5. The van der Waals surface area contributed by atoms with Gasteiger partial charge in [-0.15, -0.1) is 0 Å². The van der Waals surface area contributed by atoms with Gasteiger partial charge in [-0.3, -0.25) is 0 Å². The number of rotatable bonds is 8. The van der Waals surface area contributed by atoms with E-state index in [1.54, 1.807) is 12.1 Å². The summed E-state index contributed by atoms with van der Waals surface area (Å²) in [5, 5.41) is 0. The number of hydrogen-bond donors (Lipinski definition) is 1. The van der Waals surface area contributed by atoms with Crippen LogP contribution in [-0.4, -0.2) is 26.4 Å². The Morgan fingerprint density at radius 1 is 1.19 bits per heavy atom. The molecule has 0 aromatic heterocycles. The summed E-state index contributed by atoms with van der Waals surface area (Å²) in [5.41, 5.74) is 1.55. The van der Waals surface area contributed by atoms with Crippen molar-refractivity contribution in [2.45, 2.75) is 38.8 Å². The molecule has 0 saturated heterocycles. The molecule has 2 aromatic carbocycles. The molecule has 3 rings (SSSR count). The van der Waals surface area contributed by atoms with Crippen molar-refractivity contribution in [1.82, 2.24) is 4.72 Å². The fourth-order valence-electron chi connectivity index (χ4n) is 3.00. The van der Waals surface area contributed by atoms with Crippen molar-refractivity contribution in [1.29, 1.82) is 0 Å². The van der Waals surface area contributed by atoms with Crippen LogP contribution in [0.2, 0.25) is 0 Å². The number of sulfonamides is 1. The Morgan fingerprint density at radius 2 is 1.93 bits per heavy atom. The molecule has 146 valence electrons. The fourth-order valence-corrected chi connectivity index (χ4v) is 4.03. The maximum atomic E-state index is 12.9. The van der Waals surface area contributed by atoms with Crippen LogP contribution in [0.15, 0.2) is 42.5 Å². The van der Waals surface area contributed by atoms with Crippen LogP contribution in [0.4, 0.5) is 4.39 Å². The van der Waals surface area contributed by atoms with Gasteiger partial charge in [0.15, 0.2) is 11.5 Å². The molecule has 1 heterocycles. The van der Waals surface area contributed by atoms with Gasteiger partial charge in [-0.1, -0.05) is 24.3 Å². The average Bonchev–Trinajstić information content (AvgIpc) is 2.93. The second-order valence-electron chi connectivity index (χ2n) is 7.25. The van der Waals surface area contributed by atoms with Gasteiger partial charge in [0.25, 0.3) is 0 Å². The lowest BCUT2D eigenvalue weighted by Gasteiger charge is -2.18. The molecule has 0 radical (unpaired) electrons. The Labute approximate surface area is 159 Å². The highest BCUT2D eigenvalue weighted by molar-refractivity contribution is 7.89. The number of para-hydroxylation sites is 1. The Hall–Kier alpha value is -2.12. The van der Waals surface area contributed by atoms with E-state index in [1.807, 2.05) is 32.0 Å². The minimum absolute atomic E-state index is 0.0461. The van der Waals surface area contributed by atoms with Crippen molar-refractivity contribution in [3.05, 3.63) is 59.4 Å². The highest BCUT2D eigenvalue weighted by Crippen LogP contribution is 2.41. The van der Waals surface area contributed by atoms with Crippen LogP contribution < -0.4 is 14.2 Å². The molecule has 0 unspecified atom stereocenters. The third-order valence-electron chi connectivity index (χ3n) is 4.28. The van der Waals surface area contributed by atoms with E-state index in [-0.39, 0.29) is 30.3 Å². The fraction of sp³-hybridized carbons (Fsp3) is 0.400. The zero-order chi connectivity index (χ0) is 19.5. The Kier molecular flexibility index (Phi) is 5.72. The predicted octanol–water partition coefficient (Wildman–Crippen LogP) is 3.43. The van der Waals surface area contributed by atoms with Crippen molar-refractivity contribution in [3.8, 4) is 11.5 Å². The first-order valence-electron chi connectivity index (χ1n) is 8.90. The Bertz CT molecular complexity index is 895. The lowest BCUT2D eigenvalue weighted by molar-refractivity contribution is 0.132. The molecule has 0 atom stereocenters. The molecule has 7 heteroatoms. The first kappa shape index (κ1) is 19.6. The van der Waals surface area contributed by atoms with Gasteiger partial charge in [-0.25, -0.2) is 17.5 Å². The van der Waals surface area contributed by atoms with E-state index in [0.717, 1.165) is 17.7 Å². The number of ether oxygens (including phenoxy) is 2. The van der Waals surface area contributed by atoms with Crippen LogP contribution in [0.3, 0.4) is 0 Å². The first-order chi connectivity index (χ1) is 12.7. The summed E-state index contributed by atoms with van der Waals surface area (Å²) in [6.07, 6.45) is 1.17. The van der Waals surface area contributed by atoms with Gasteiger partial charge < -0.3 is 9.47 Å². The van der Waals surface area contributed by atoms with E-state index in [0.29, 0.717) is 17.7 Å². The van der Waals surface area contributed by atoms with Crippen LogP contribution in [-0.2, 0) is 23.0 Å². The summed E-state index contributed by atoms with van der Waals surface area (Å²) in [5.74, 6) is 1.00. The van der Waals surface area contributed by atoms with Crippen molar-refractivity contribution >= 4 is 10.0 Å². The molecule has 0 saturated carbocycles. The predicted molar refractivity (Wildman–Crippen MR) is 102 cm³/mol. The molecule has 0 fully saturated rings. The van der Waals surface area contributed by atoms with E-state index in [1.165, 1.54) is 12.1 Å². The number of hydrogen-bond acceptors (Lipinski definition) is 4. The smallest absolute Gasteiger partial charge is 0.212 e. The van der Waals surface area contributed by atoms with Crippen LogP contribution in [0.5, 0.6) is 11.5 Å². The molecule has 1 N–H and O–H groups in total. The molecule has 0 spiro atoms. The molecule has 1 aliphatic heterocycles. The number of fused-ring (bicyclic) bond motifs is 1. The van der Waals surface area contributed by atoms with Crippen molar-refractivity contribution in [2.24, 2.45) is 0 Å². The zero-order valence-corrected chi connectivity index (χ0v) is 16.3. The second kappa shape index (κ2) is 7.86. The van der Waals surface area contributed by atoms with Crippen LogP contribution >= 0.6 is 0 Å². The summed E-state index contributed by atoms with van der Waals surface area (Å²) >= 11 is 0. The monoisotopic (exact) mass is 393 g/mol.